The Morgan fingerprint density at radius 1 is 1.67 bits per heavy atom. The van der Waals surface area contributed by atoms with Crippen molar-refractivity contribution in [1.29, 1.82) is 0 Å². The lowest BCUT2D eigenvalue weighted by Gasteiger charge is -1.90. The maximum Gasteiger partial charge on any atom is 0.107 e. The van der Waals surface area contributed by atoms with Crippen molar-refractivity contribution in [2.45, 2.75) is 13.3 Å². The molecule has 1 rings (SSSR count). The first kappa shape index (κ1) is 6.87. The lowest BCUT2D eigenvalue weighted by atomic mass is 10.2. The second-order valence-corrected chi connectivity index (χ2v) is 2.76. The van der Waals surface area contributed by atoms with E-state index in [9.17, 15) is 0 Å². The van der Waals surface area contributed by atoms with E-state index < -0.39 is 0 Å². The van der Waals surface area contributed by atoms with Crippen LogP contribution in [0.1, 0.15) is 11.3 Å². The van der Waals surface area contributed by atoms with Crippen LogP contribution in [0.25, 0.3) is 0 Å². The van der Waals surface area contributed by atoms with Crippen molar-refractivity contribution in [3.63, 3.8) is 0 Å². The van der Waals surface area contributed by atoms with Crippen LogP contribution in [0.3, 0.4) is 0 Å². The van der Waals surface area contributed by atoms with E-state index in [-0.39, 0.29) is 0 Å². The highest BCUT2D eigenvalue weighted by molar-refractivity contribution is 9.09. The number of furan rings is 1. The van der Waals surface area contributed by atoms with Gasteiger partial charge in [0.25, 0.3) is 0 Å². The Labute approximate surface area is 63.2 Å². The molecule has 0 aliphatic heterocycles. The van der Waals surface area contributed by atoms with Crippen molar-refractivity contribution < 1.29 is 4.42 Å². The second kappa shape index (κ2) is 3.06. The summed E-state index contributed by atoms with van der Waals surface area (Å²) in [5.74, 6) is 1.09. The highest BCUT2D eigenvalue weighted by Gasteiger charge is 1.97. The fourth-order valence-corrected chi connectivity index (χ4v) is 1.11. The molecule has 2 heteroatoms. The van der Waals surface area contributed by atoms with Crippen molar-refractivity contribution in [2.24, 2.45) is 0 Å². The Morgan fingerprint density at radius 3 is 2.89 bits per heavy atom. The highest BCUT2D eigenvalue weighted by Crippen LogP contribution is 2.09. The molecule has 1 heterocycles. The molecule has 0 bridgehead atoms. The van der Waals surface area contributed by atoms with Gasteiger partial charge in [-0.05, 0) is 18.6 Å². The summed E-state index contributed by atoms with van der Waals surface area (Å²) in [5.41, 5.74) is 1.24. The molecular formula is C7H9BrO. The number of hydrogen-bond acceptors (Lipinski definition) is 1. The van der Waals surface area contributed by atoms with Gasteiger partial charge >= 0.3 is 0 Å². The molecule has 0 amide bonds. The smallest absolute Gasteiger partial charge is 0.107 e. The van der Waals surface area contributed by atoms with Crippen LogP contribution in [-0.4, -0.2) is 5.33 Å². The molecule has 9 heavy (non-hydrogen) atoms. The first-order chi connectivity index (χ1) is 4.34. The third kappa shape index (κ3) is 1.58. The third-order valence-corrected chi connectivity index (χ3v) is 1.69. The lowest BCUT2D eigenvalue weighted by Crippen LogP contribution is -1.83. The molecule has 0 aliphatic rings. The summed E-state index contributed by atoms with van der Waals surface area (Å²) < 4.78 is 5.17. The van der Waals surface area contributed by atoms with E-state index in [1.807, 2.05) is 6.07 Å². The summed E-state index contributed by atoms with van der Waals surface area (Å²) in [7, 11) is 0. The maximum absolute atomic E-state index is 5.17. The SMILES string of the molecule is Cc1ccoc1CCBr. The number of rotatable bonds is 2. The van der Waals surface area contributed by atoms with Crippen LogP contribution in [0.2, 0.25) is 0 Å². The summed E-state index contributed by atoms with van der Waals surface area (Å²) in [6, 6.07) is 1.98. The zero-order valence-electron chi connectivity index (χ0n) is 5.36. The first-order valence-corrected chi connectivity index (χ1v) is 4.05. The standard InChI is InChI=1S/C7H9BrO/c1-6-3-5-9-7(6)2-4-8/h3,5H,2,4H2,1H3. The van der Waals surface area contributed by atoms with Gasteiger partial charge in [-0.3, -0.25) is 0 Å². The van der Waals surface area contributed by atoms with Crippen molar-refractivity contribution >= 4 is 15.9 Å². The van der Waals surface area contributed by atoms with Crippen LogP contribution >= 0.6 is 15.9 Å². The summed E-state index contributed by atoms with van der Waals surface area (Å²) in [4.78, 5) is 0. The molecule has 1 aromatic heterocycles. The Bertz CT molecular complexity index is 181. The Hall–Kier alpha value is -0.240. The average molecular weight is 189 g/mol. The van der Waals surface area contributed by atoms with Gasteiger partial charge in [-0.1, -0.05) is 15.9 Å². The molecule has 0 unspecified atom stereocenters. The van der Waals surface area contributed by atoms with Crippen molar-refractivity contribution in [2.75, 3.05) is 5.33 Å². The van der Waals surface area contributed by atoms with E-state index in [0.29, 0.717) is 0 Å². The molecule has 50 valence electrons. The Balaban J connectivity index is 2.69. The Kier molecular flexibility index (Phi) is 2.34. The van der Waals surface area contributed by atoms with Crippen LogP contribution < -0.4 is 0 Å². The molecule has 0 aromatic carbocycles. The molecule has 0 spiro atoms. The van der Waals surface area contributed by atoms with Crippen LogP contribution in [0.4, 0.5) is 0 Å². The van der Waals surface area contributed by atoms with E-state index in [0.717, 1.165) is 17.5 Å². The van der Waals surface area contributed by atoms with Crippen LogP contribution in [0.5, 0.6) is 0 Å². The fourth-order valence-electron chi connectivity index (χ4n) is 0.746. The van der Waals surface area contributed by atoms with Crippen LogP contribution in [0, 0.1) is 6.92 Å². The van der Waals surface area contributed by atoms with E-state index in [1.165, 1.54) is 5.56 Å². The summed E-state index contributed by atoms with van der Waals surface area (Å²) >= 11 is 3.34. The number of halogens is 1. The van der Waals surface area contributed by atoms with Gasteiger partial charge in [0.15, 0.2) is 0 Å². The summed E-state index contributed by atoms with van der Waals surface area (Å²) in [6.07, 6.45) is 2.71. The van der Waals surface area contributed by atoms with Gasteiger partial charge in [0.2, 0.25) is 0 Å². The number of aryl methyl sites for hydroxylation is 2. The highest BCUT2D eigenvalue weighted by atomic mass is 79.9. The molecule has 1 nitrogen and oxygen atoms in total. The van der Waals surface area contributed by atoms with E-state index >= 15 is 0 Å². The predicted octanol–water partition coefficient (Wildman–Crippen LogP) is 2.53. The lowest BCUT2D eigenvalue weighted by molar-refractivity contribution is 0.515. The summed E-state index contributed by atoms with van der Waals surface area (Å²) in [6.45, 7) is 2.06. The largest absolute Gasteiger partial charge is 0.469 e. The minimum absolute atomic E-state index is 0.974. The predicted molar refractivity (Wildman–Crippen MR) is 40.9 cm³/mol. The molecular weight excluding hydrogens is 180 g/mol. The average Bonchev–Trinajstić information content (AvgIpc) is 2.18. The molecule has 0 radical (unpaired) electrons. The van der Waals surface area contributed by atoms with Gasteiger partial charge in [0, 0.05) is 11.8 Å². The van der Waals surface area contributed by atoms with E-state index in [2.05, 4.69) is 22.9 Å². The monoisotopic (exact) mass is 188 g/mol. The van der Waals surface area contributed by atoms with Crippen LogP contribution in [0.15, 0.2) is 16.7 Å². The molecule has 1 aromatic rings. The zero-order chi connectivity index (χ0) is 6.69. The minimum atomic E-state index is 0.974. The molecule has 0 fully saturated rings. The second-order valence-electron chi connectivity index (χ2n) is 1.97. The molecule has 0 aliphatic carbocycles. The molecule has 0 saturated carbocycles. The Morgan fingerprint density at radius 2 is 2.44 bits per heavy atom. The fraction of sp³-hybridized carbons (Fsp3) is 0.429. The van der Waals surface area contributed by atoms with Gasteiger partial charge in [-0.15, -0.1) is 0 Å². The topological polar surface area (TPSA) is 13.1 Å². The van der Waals surface area contributed by atoms with Crippen molar-refractivity contribution in [1.82, 2.24) is 0 Å². The van der Waals surface area contributed by atoms with Gasteiger partial charge in [-0.2, -0.15) is 0 Å². The maximum atomic E-state index is 5.17. The van der Waals surface area contributed by atoms with Crippen LogP contribution in [-0.2, 0) is 6.42 Å². The first-order valence-electron chi connectivity index (χ1n) is 2.93. The minimum Gasteiger partial charge on any atom is -0.469 e. The zero-order valence-corrected chi connectivity index (χ0v) is 6.94. The van der Waals surface area contributed by atoms with E-state index in [1.54, 1.807) is 6.26 Å². The number of hydrogen-bond donors (Lipinski definition) is 0. The normalized spacial score (nSPS) is 10.0. The molecule has 0 saturated heterocycles. The van der Waals surface area contributed by atoms with E-state index in [4.69, 9.17) is 4.42 Å². The van der Waals surface area contributed by atoms with Crippen molar-refractivity contribution in [3.8, 4) is 0 Å². The quantitative estimate of drug-likeness (QED) is 0.651. The molecule has 0 N–H and O–H groups in total. The van der Waals surface area contributed by atoms with Gasteiger partial charge in [0.1, 0.15) is 5.76 Å². The van der Waals surface area contributed by atoms with Gasteiger partial charge in [-0.25, -0.2) is 0 Å². The van der Waals surface area contributed by atoms with Gasteiger partial charge in [0.05, 0.1) is 6.26 Å². The molecule has 0 atom stereocenters. The summed E-state index contributed by atoms with van der Waals surface area (Å²) in [5, 5.41) is 0.974. The van der Waals surface area contributed by atoms with Crippen molar-refractivity contribution in [3.05, 3.63) is 23.7 Å². The van der Waals surface area contributed by atoms with Gasteiger partial charge < -0.3 is 4.42 Å². The third-order valence-electron chi connectivity index (χ3n) is 1.29. The number of alkyl halides is 1.